The van der Waals surface area contributed by atoms with Crippen molar-refractivity contribution in [3.63, 3.8) is 0 Å². The molecule has 0 atom stereocenters. The normalized spacial score (nSPS) is 15.7. The quantitative estimate of drug-likeness (QED) is 0.787. The molecule has 0 amide bonds. The number of carbonyl (C=O) groups is 1. The van der Waals surface area contributed by atoms with Crippen molar-refractivity contribution in [1.82, 2.24) is 14.8 Å². The van der Waals surface area contributed by atoms with E-state index in [2.05, 4.69) is 10.2 Å². The molecule has 0 saturated heterocycles. The van der Waals surface area contributed by atoms with Crippen LogP contribution in [-0.4, -0.2) is 26.3 Å². The number of nitrogens with zero attached hydrogens (tertiary/aromatic N) is 2. The van der Waals surface area contributed by atoms with E-state index in [1.807, 2.05) is 13.8 Å². The molecule has 1 aromatic rings. The highest BCUT2D eigenvalue weighted by Gasteiger charge is 2.28. The maximum absolute atomic E-state index is 11.5. The zero-order chi connectivity index (χ0) is 11.7. The van der Waals surface area contributed by atoms with Crippen molar-refractivity contribution in [2.45, 2.75) is 37.9 Å². The first-order valence-electron chi connectivity index (χ1n) is 5.42. The largest absolute Gasteiger partial charge is 0.344 e. The molecule has 1 N–H and O–H groups in total. The van der Waals surface area contributed by atoms with Crippen LogP contribution in [0.2, 0.25) is 0 Å². The van der Waals surface area contributed by atoms with Gasteiger partial charge in [0.1, 0.15) is 5.78 Å². The van der Waals surface area contributed by atoms with Gasteiger partial charge in [0.05, 0.1) is 5.75 Å². The molecule has 0 spiro atoms. The summed E-state index contributed by atoms with van der Waals surface area (Å²) in [6.07, 6.45) is 2.07. The summed E-state index contributed by atoms with van der Waals surface area (Å²) in [6, 6.07) is 0.294. The number of aromatic amines is 1. The molecule has 1 aliphatic carbocycles. The van der Waals surface area contributed by atoms with Gasteiger partial charge in [0, 0.05) is 12.0 Å². The molecule has 0 bridgehead atoms. The third kappa shape index (κ3) is 2.37. The number of hydrogen-bond donors (Lipinski definition) is 1. The van der Waals surface area contributed by atoms with E-state index in [0.29, 0.717) is 17.0 Å². The van der Waals surface area contributed by atoms with Crippen molar-refractivity contribution < 1.29 is 4.79 Å². The summed E-state index contributed by atoms with van der Waals surface area (Å²) >= 11 is 1.34. The van der Waals surface area contributed by atoms with E-state index in [4.69, 9.17) is 0 Å². The van der Waals surface area contributed by atoms with Crippen LogP contribution in [0.4, 0.5) is 0 Å². The molecule has 1 heterocycles. The number of ketones is 1. The van der Waals surface area contributed by atoms with E-state index in [9.17, 15) is 9.59 Å². The first-order valence-corrected chi connectivity index (χ1v) is 6.40. The Morgan fingerprint density at radius 3 is 2.88 bits per heavy atom. The summed E-state index contributed by atoms with van der Waals surface area (Å²) in [5.41, 5.74) is -0.165. The number of hydrogen-bond acceptors (Lipinski definition) is 4. The average molecular weight is 241 g/mol. The second-order valence-corrected chi connectivity index (χ2v) is 5.26. The second kappa shape index (κ2) is 4.45. The molecule has 0 radical (unpaired) electrons. The fourth-order valence-corrected chi connectivity index (χ4v) is 2.44. The van der Waals surface area contributed by atoms with Crippen molar-refractivity contribution in [3.8, 4) is 0 Å². The van der Waals surface area contributed by atoms with Crippen LogP contribution in [0.5, 0.6) is 0 Å². The van der Waals surface area contributed by atoms with Crippen molar-refractivity contribution in [3.05, 3.63) is 10.5 Å². The number of H-pyrrole nitrogens is 1. The number of rotatable bonds is 5. The van der Waals surface area contributed by atoms with Gasteiger partial charge in [-0.2, -0.15) is 0 Å². The number of thioether (sulfide) groups is 1. The lowest BCUT2D eigenvalue weighted by molar-refractivity contribution is -0.119. The minimum atomic E-state index is -0.165. The number of aromatic nitrogens is 3. The Kier molecular flexibility index (Phi) is 3.18. The number of Topliss-reactive ketones (excluding diaryl/α,β-unsaturated/α-hetero) is 1. The van der Waals surface area contributed by atoms with Gasteiger partial charge < -0.3 is 0 Å². The second-order valence-electron chi connectivity index (χ2n) is 4.32. The third-order valence-corrected chi connectivity index (χ3v) is 3.55. The lowest BCUT2D eigenvalue weighted by Crippen LogP contribution is -2.17. The van der Waals surface area contributed by atoms with Crippen LogP contribution in [0.25, 0.3) is 0 Å². The van der Waals surface area contributed by atoms with Crippen molar-refractivity contribution in [1.29, 1.82) is 0 Å². The topological polar surface area (TPSA) is 67.8 Å². The predicted molar refractivity (Wildman–Crippen MR) is 61.7 cm³/mol. The molecule has 5 nitrogen and oxygen atoms in total. The monoisotopic (exact) mass is 241 g/mol. The maximum atomic E-state index is 11.5. The minimum absolute atomic E-state index is 0.0348. The Balaban J connectivity index is 2.04. The predicted octanol–water partition coefficient (Wildman–Crippen LogP) is 1.22. The summed E-state index contributed by atoms with van der Waals surface area (Å²) < 4.78 is 1.66. The van der Waals surface area contributed by atoms with E-state index in [1.54, 1.807) is 4.57 Å². The Hall–Kier alpha value is -1.04. The summed E-state index contributed by atoms with van der Waals surface area (Å²) in [7, 11) is 0. The Bertz CT molecular complexity index is 445. The van der Waals surface area contributed by atoms with Crippen LogP contribution in [-0.2, 0) is 4.79 Å². The summed E-state index contributed by atoms with van der Waals surface area (Å²) in [4.78, 5) is 22.9. The van der Waals surface area contributed by atoms with E-state index in [1.165, 1.54) is 11.8 Å². The van der Waals surface area contributed by atoms with Gasteiger partial charge in [-0.1, -0.05) is 25.6 Å². The van der Waals surface area contributed by atoms with Gasteiger partial charge in [0.15, 0.2) is 5.16 Å². The van der Waals surface area contributed by atoms with E-state index in [-0.39, 0.29) is 17.4 Å². The highest BCUT2D eigenvalue weighted by molar-refractivity contribution is 7.99. The standard InChI is InChI=1S/C10H15N3O2S/c1-6(2)8(14)5-16-10-12-11-9(15)13(10)7-3-4-7/h6-7H,3-5H2,1-2H3,(H,11,15). The Morgan fingerprint density at radius 2 is 2.31 bits per heavy atom. The maximum Gasteiger partial charge on any atom is 0.344 e. The average Bonchev–Trinajstić information content (AvgIpc) is 3.00. The van der Waals surface area contributed by atoms with Crippen molar-refractivity contribution in [2.75, 3.05) is 5.75 Å². The van der Waals surface area contributed by atoms with Crippen LogP contribution in [0.1, 0.15) is 32.7 Å². The van der Waals surface area contributed by atoms with E-state index < -0.39 is 0 Å². The molecule has 0 unspecified atom stereocenters. The molecule has 0 aliphatic heterocycles. The van der Waals surface area contributed by atoms with E-state index >= 15 is 0 Å². The van der Waals surface area contributed by atoms with Crippen molar-refractivity contribution in [2.24, 2.45) is 5.92 Å². The van der Waals surface area contributed by atoms with Crippen LogP contribution in [0.15, 0.2) is 9.95 Å². The van der Waals surface area contributed by atoms with Gasteiger partial charge in [-0.05, 0) is 12.8 Å². The Morgan fingerprint density at radius 1 is 1.62 bits per heavy atom. The molecule has 6 heteroatoms. The fraction of sp³-hybridized carbons (Fsp3) is 0.700. The fourth-order valence-electron chi connectivity index (χ4n) is 1.35. The zero-order valence-corrected chi connectivity index (χ0v) is 10.2. The van der Waals surface area contributed by atoms with Crippen LogP contribution < -0.4 is 5.69 Å². The van der Waals surface area contributed by atoms with Gasteiger partial charge in [0.2, 0.25) is 0 Å². The molecule has 88 valence electrons. The third-order valence-electron chi connectivity index (χ3n) is 2.57. The molecular formula is C10H15N3O2S. The lowest BCUT2D eigenvalue weighted by Gasteiger charge is -2.04. The van der Waals surface area contributed by atoms with Crippen LogP contribution >= 0.6 is 11.8 Å². The lowest BCUT2D eigenvalue weighted by atomic mass is 10.1. The summed E-state index contributed by atoms with van der Waals surface area (Å²) in [5, 5.41) is 7.02. The molecule has 1 saturated carbocycles. The minimum Gasteiger partial charge on any atom is -0.298 e. The highest BCUT2D eigenvalue weighted by atomic mass is 32.2. The van der Waals surface area contributed by atoms with Gasteiger partial charge in [-0.15, -0.1) is 5.10 Å². The highest BCUT2D eigenvalue weighted by Crippen LogP contribution is 2.36. The molecule has 0 aromatic carbocycles. The van der Waals surface area contributed by atoms with Gasteiger partial charge in [-0.3, -0.25) is 9.36 Å². The van der Waals surface area contributed by atoms with Crippen LogP contribution in [0.3, 0.4) is 0 Å². The smallest absolute Gasteiger partial charge is 0.298 e. The van der Waals surface area contributed by atoms with Gasteiger partial charge in [0.25, 0.3) is 0 Å². The van der Waals surface area contributed by atoms with E-state index in [0.717, 1.165) is 12.8 Å². The SMILES string of the molecule is CC(C)C(=O)CSc1n[nH]c(=O)n1C1CC1. The molecule has 1 fully saturated rings. The number of nitrogens with one attached hydrogen (secondary N) is 1. The molecule has 1 aliphatic rings. The number of carbonyl (C=O) groups excluding carboxylic acids is 1. The first kappa shape index (κ1) is 11.4. The first-order chi connectivity index (χ1) is 7.59. The van der Waals surface area contributed by atoms with Gasteiger partial charge >= 0.3 is 5.69 Å². The van der Waals surface area contributed by atoms with Crippen molar-refractivity contribution >= 4 is 17.5 Å². The zero-order valence-electron chi connectivity index (χ0n) is 9.40. The molecule has 2 rings (SSSR count). The van der Waals surface area contributed by atoms with Gasteiger partial charge in [-0.25, -0.2) is 9.89 Å². The summed E-state index contributed by atoms with van der Waals surface area (Å²) in [6.45, 7) is 3.75. The Labute approximate surface area is 97.6 Å². The van der Waals surface area contributed by atoms with Crippen LogP contribution in [0, 0.1) is 5.92 Å². The molecule has 16 heavy (non-hydrogen) atoms. The molecule has 1 aromatic heterocycles. The summed E-state index contributed by atoms with van der Waals surface area (Å²) in [5.74, 6) is 0.602. The molecular weight excluding hydrogens is 226 g/mol.